The minimum Gasteiger partial charge on any atom is -0.481 e. The van der Waals surface area contributed by atoms with Gasteiger partial charge in [-0.25, -0.2) is 0 Å². The molecule has 0 bridgehead atoms. The maximum absolute atomic E-state index is 12.5. The standard InChI is InChI=1S/C15H12ClNO3/c16-11-5-3-10(4-6-11)13(18)17-9-1-2-12(17)15(7-8-15)14(19)20/h1-6,9H,7-8H2,(H,19,20). The van der Waals surface area contributed by atoms with Gasteiger partial charge in [-0.2, -0.15) is 0 Å². The SMILES string of the molecule is O=C(c1ccc(Cl)cc1)n1cccc1C1(C(=O)O)CC1. The van der Waals surface area contributed by atoms with Gasteiger partial charge in [0.1, 0.15) is 5.41 Å². The molecule has 1 aliphatic rings. The van der Waals surface area contributed by atoms with Gasteiger partial charge < -0.3 is 5.11 Å². The monoisotopic (exact) mass is 289 g/mol. The van der Waals surface area contributed by atoms with Gasteiger partial charge >= 0.3 is 5.97 Å². The number of carbonyl (C=O) groups excluding carboxylic acids is 1. The molecule has 0 atom stereocenters. The van der Waals surface area contributed by atoms with E-state index >= 15 is 0 Å². The number of halogens is 1. The molecule has 0 saturated heterocycles. The molecular formula is C15H12ClNO3. The van der Waals surface area contributed by atoms with Crippen LogP contribution in [0.15, 0.2) is 42.6 Å². The van der Waals surface area contributed by atoms with E-state index < -0.39 is 11.4 Å². The van der Waals surface area contributed by atoms with E-state index in [1.54, 1.807) is 42.6 Å². The van der Waals surface area contributed by atoms with Gasteiger partial charge in [0.25, 0.3) is 5.91 Å². The summed E-state index contributed by atoms with van der Waals surface area (Å²) in [4.78, 5) is 23.9. The molecule has 4 nitrogen and oxygen atoms in total. The Morgan fingerprint density at radius 1 is 1.15 bits per heavy atom. The molecule has 3 rings (SSSR count). The third kappa shape index (κ3) is 1.93. The summed E-state index contributed by atoms with van der Waals surface area (Å²) in [6, 6.07) is 9.95. The van der Waals surface area contributed by atoms with Crippen LogP contribution in [-0.4, -0.2) is 21.6 Å². The molecule has 5 heteroatoms. The summed E-state index contributed by atoms with van der Waals surface area (Å²) in [5.74, 6) is -1.12. The average Bonchev–Trinajstić information content (AvgIpc) is 3.10. The van der Waals surface area contributed by atoms with Crippen LogP contribution in [0.25, 0.3) is 0 Å². The first-order valence-corrected chi connectivity index (χ1v) is 6.64. The normalized spacial score (nSPS) is 15.8. The summed E-state index contributed by atoms with van der Waals surface area (Å²) in [7, 11) is 0. The highest BCUT2D eigenvalue weighted by Gasteiger charge is 2.54. The Balaban J connectivity index is 2.00. The number of rotatable bonds is 3. The van der Waals surface area contributed by atoms with Gasteiger partial charge in [-0.3, -0.25) is 14.2 Å². The molecule has 1 aromatic heterocycles. The highest BCUT2D eigenvalue weighted by Crippen LogP contribution is 2.48. The fourth-order valence-corrected chi connectivity index (χ4v) is 2.51. The molecule has 1 aliphatic carbocycles. The Morgan fingerprint density at radius 3 is 2.35 bits per heavy atom. The number of carbonyl (C=O) groups is 2. The second-order valence-corrected chi connectivity index (χ2v) is 5.40. The Kier molecular flexibility index (Phi) is 2.91. The first-order chi connectivity index (χ1) is 9.54. The van der Waals surface area contributed by atoms with Crippen molar-refractivity contribution in [2.24, 2.45) is 0 Å². The van der Waals surface area contributed by atoms with Crippen LogP contribution in [0.4, 0.5) is 0 Å². The van der Waals surface area contributed by atoms with Crippen molar-refractivity contribution in [2.75, 3.05) is 0 Å². The molecule has 102 valence electrons. The molecule has 0 spiro atoms. The van der Waals surface area contributed by atoms with Crippen molar-refractivity contribution in [2.45, 2.75) is 18.3 Å². The van der Waals surface area contributed by atoms with Crippen molar-refractivity contribution in [1.82, 2.24) is 4.57 Å². The van der Waals surface area contributed by atoms with Crippen LogP contribution in [0.3, 0.4) is 0 Å². The largest absolute Gasteiger partial charge is 0.481 e. The molecule has 0 unspecified atom stereocenters. The van der Waals surface area contributed by atoms with E-state index in [0.717, 1.165) is 0 Å². The minimum absolute atomic E-state index is 0.241. The molecule has 0 amide bonds. The number of carboxylic acids is 1. The van der Waals surface area contributed by atoms with Gasteiger partial charge in [0.05, 0.1) is 0 Å². The van der Waals surface area contributed by atoms with Gasteiger partial charge in [-0.1, -0.05) is 11.6 Å². The Bertz CT molecular complexity index is 683. The zero-order chi connectivity index (χ0) is 14.3. The van der Waals surface area contributed by atoms with Crippen molar-refractivity contribution in [3.05, 3.63) is 58.9 Å². The molecule has 0 aliphatic heterocycles. The molecule has 0 radical (unpaired) electrons. The zero-order valence-corrected chi connectivity index (χ0v) is 11.3. The Morgan fingerprint density at radius 2 is 1.80 bits per heavy atom. The second-order valence-electron chi connectivity index (χ2n) is 4.96. The quantitative estimate of drug-likeness (QED) is 0.945. The predicted octanol–water partition coefficient (Wildman–Crippen LogP) is 2.95. The van der Waals surface area contributed by atoms with Crippen molar-refractivity contribution >= 4 is 23.5 Å². The van der Waals surface area contributed by atoms with Gasteiger partial charge in [0, 0.05) is 22.5 Å². The van der Waals surface area contributed by atoms with Crippen LogP contribution >= 0.6 is 11.6 Å². The highest BCUT2D eigenvalue weighted by atomic mass is 35.5. The number of aromatic nitrogens is 1. The van der Waals surface area contributed by atoms with Gasteiger partial charge in [-0.05, 0) is 49.2 Å². The lowest BCUT2D eigenvalue weighted by Crippen LogP contribution is -2.26. The van der Waals surface area contributed by atoms with Crippen LogP contribution in [-0.2, 0) is 10.2 Å². The van der Waals surface area contributed by atoms with E-state index in [2.05, 4.69) is 0 Å². The number of nitrogens with zero attached hydrogens (tertiary/aromatic N) is 1. The van der Waals surface area contributed by atoms with Crippen molar-refractivity contribution < 1.29 is 14.7 Å². The average molecular weight is 290 g/mol. The summed E-state index contributed by atoms with van der Waals surface area (Å²) in [6.07, 6.45) is 2.75. The highest BCUT2D eigenvalue weighted by molar-refractivity contribution is 6.30. The van der Waals surface area contributed by atoms with Crippen LogP contribution in [0.2, 0.25) is 5.02 Å². The smallest absolute Gasteiger partial charge is 0.315 e. The third-order valence-electron chi connectivity index (χ3n) is 3.71. The lowest BCUT2D eigenvalue weighted by molar-refractivity contribution is -0.140. The van der Waals surface area contributed by atoms with E-state index in [4.69, 9.17) is 11.6 Å². The summed E-state index contributed by atoms with van der Waals surface area (Å²) in [5, 5.41) is 9.90. The molecule has 1 N–H and O–H groups in total. The third-order valence-corrected chi connectivity index (χ3v) is 3.96. The summed E-state index contributed by atoms with van der Waals surface area (Å²) < 4.78 is 1.42. The van der Waals surface area contributed by atoms with Gasteiger partial charge in [0.2, 0.25) is 0 Å². The van der Waals surface area contributed by atoms with Crippen molar-refractivity contribution in [3.63, 3.8) is 0 Å². The molecule has 1 aromatic carbocycles. The minimum atomic E-state index is -0.897. The van der Waals surface area contributed by atoms with E-state index in [0.29, 0.717) is 29.1 Å². The Hall–Kier alpha value is -2.07. The van der Waals surface area contributed by atoms with Gasteiger partial charge in [-0.15, -0.1) is 0 Å². The lowest BCUT2D eigenvalue weighted by Gasteiger charge is -2.13. The zero-order valence-electron chi connectivity index (χ0n) is 10.5. The van der Waals surface area contributed by atoms with E-state index in [1.165, 1.54) is 4.57 Å². The molecule has 2 aromatic rings. The van der Waals surface area contributed by atoms with Crippen molar-refractivity contribution in [3.8, 4) is 0 Å². The summed E-state index contributed by atoms with van der Waals surface area (Å²) in [5.41, 5.74) is 0.129. The van der Waals surface area contributed by atoms with E-state index in [9.17, 15) is 14.7 Å². The van der Waals surface area contributed by atoms with Crippen LogP contribution < -0.4 is 0 Å². The summed E-state index contributed by atoms with van der Waals surface area (Å²) in [6.45, 7) is 0. The fraction of sp³-hybridized carbons (Fsp3) is 0.200. The molecule has 20 heavy (non-hydrogen) atoms. The maximum Gasteiger partial charge on any atom is 0.315 e. The van der Waals surface area contributed by atoms with Crippen LogP contribution in [0.5, 0.6) is 0 Å². The van der Waals surface area contributed by atoms with E-state index in [-0.39, 0.29) is 5.91 Å². The Labute approximate surface area is 120 Å². The number of hydrogen-bond donors (Lipinski definition) is 1. The number of benzene rings is 1. The predicted molar refractivity (Wildman–Crippen MR) is 74.2 cm³/mol. The topological polar surface area (TPSA) is 59.3 Å². The molecule has 1 saturated carbocycles. The lowest BCUT2D eigenvalue weighted by atomic mass is 10.0. The summed E-state index contributed by atoms with van der Waals surface area (Å²) >= 11 is 5.80. The van der Waals surface area contributed by atoms with Crippen LogP contribution in [0, 0.1) is 0 Å². The van der Waals surface area contributed by atoms with Crippen molar-refractivity contribution in [1.29, 1.82) is 0 Å². The first-order valence-electron chi connectivity index (χ1n) is 6.26. The molecule has 1 heterocycles. The van der Waals surface area contributed by atoms with Gasteiger partial charge in [0.15, 0.2) is 0 Å². The molecular weight excluding hydrogens is 278 g/mol. The second kappa shape index (κ2) is 4.49. The number of hydrogen-bond acceptors (Lipinski definition) is 2. The maximum atomic E-state index is 12.5. The van der Waals surface area contributed by atoms with Crippen LogP contribution in [0.1, 0.15) is 28.9 Å². The molecule has 1 fully saturated rings. The van der Waals surface area contributed by atoms with E-state index in [1.807, 2.05) is 0 Å². The fourth-order valence-electron chi connectivity index (χ4n) is 2.38. The number of aliphatic carboxylic acids is 1. The first kappa shape index (κ1) is 12.9. The number of carboxylic acid groups (broad SMARTS) is 1.